The van der Waals surface area contributed by atoms with Gasteiger partial charge in [0.05, 0.1) is 29.8 Å². The average molecular weight is 657 g/mol. The highest BCUT2D eigenvalue weighted by molar-refractivity contribution is 9.10. The van der Waals surface area contributed by atoms with Crippen LogP contribution in [0.3, 0.4) is 0 Å². The molecule has 44 heavy (non-hydrogen) atoms. The Bertz CT molecular complexity index is 1830. The molecule has 0 amide bonds. The van der Waals surface area contributed by atoms with E-state index in [1.165, 1.54) is 0 Å². The molecular formula is C35H34BrN3O5. The fourth-order valence-corrected chi connectivity index (χ4v) is 6.03. The van der Waals surface area contributed by atoms with Crippen LogP contribution >= 0.6 is 15.9 Å². The van der Waals surface area contributed by atoms with E-state index in [-0.39, 0.29) is 34.3 Å². The minimum atomic E-state index is -0.553. The van der Waals surface area contributed by atoms with E-state index < -0.39 is 5.97 Å². The topological polar surface area (TPSA) is 85.1 Å². The molecule has 3 aromatic carbocycles. The van der Waals surface area contributed by atoms with Gasteiger partial charge in [-0.05, 0) is 37.6 Å². The lowest BCUT2D eigenvalue weighted by Gasteiger charge is -2.34. The lowest BCUT2D eigenvalue weighted by Crippen LogP contribution is -2.46. The zero-order valence-corrected chi connectivity index (χ0v) is 26.2. The van der Waals surface area contributed by atoms with Crippen LogP contribution in [0.5, 0.6) is 5.75 Å². The summed E-state index contributed by atoms with van der Waals surface area (Å²) < 4.78 is 18.2. The summed E-state index contributed by atoms with van der Waals surface area (Å²) in [4.78, 5) is 36.2. The van der Waals surface area contributed by atoms with Crippen LogP contribution in [-0.2, 0) is 11.3 Å². The van der Waals surface area contributed by atoms with Gasteiger partial charge in [-0.2, -0.15) is 0 Å². The highest BCUT2D eigenvalue weighted by atomic mass is 79.9. The molecule has 1 aliphatic heterocycles. The number of rotatable bonds is 10. The van der Waals surface area contributed by atoms with Crippen molar-refractivity contribution in [1.82, 2.24) is 14.8 Å². The summed E-state index contributed by atoms with van der Waals surface area (Å²) in [5.74, 6) is -0.112. The van der Waals surface area contributed by atoms with Gasteiger partial charge in [-0.1, -0.05) is 70.5 Å². The van der Waals surface area contributed by atoms with Crippen molar-refractivity contribution in [2.75, 3.05) is 45.9 Å². The number of carbonyl (C=O) groups excluding carboxylic acids is 1. The molecule has 0 aliphatic carbocycles. The monoisotopic (exact) mass is 655 g/mol. The number of para-hydroxylation sites is 1. The minimum Gasteiger partial charge on any atom is -0.486 e. The number of ether oxygens (including phenoxy) is 2. The molecule has 0 atom stereocenters. The summed E-state index contributed by atoms with van der Waals surface area (Å²) in [6.07, 6.45) is 0.754. The summed E-state index contributed by atoms with van der Waals surface area (Å²) in [7, 11) is 0. The van der Waals surface area contributed by atoms with Gasteiger partial charge in [0.25, 0.3) is 0 Å². The molecule has 1 saturated heterocycles. The molecular weight excluding hydrogens is 622 g/mol. The van der Waals surface area contributed by atoms with E-state index in [9.17, 15) is 9.59 Å². The van der Waals surface area contributed by atoms with Crippen LogP contribution < -0.4 is 10.2 Å². The molecule has 0 saturated carbocycles. The van der Waals surface area contributed by atoms with Gasteiger partial charge < -0.3 is 18.8 Å². The molecule has 1 fully saturated rings. The number of hydrogen-bond donors (Lipinski definition) is 0. The first kappa shape index (κ1) is 30.0. The summed E-state index contributed by atoms with van der Waals surface area (Å²) in [6.45, 7) is 7.88. The predicted molar refractivity (Wildman–Crippen MR) is 175 cm³/mol. The molecule has 2 aromatic heterocycles. The molecule has 8 nitrogen and oxygen atoms in total. The maximum atomic E-state index is 13.8. The Kier molecular flexibility index (Phi) is 9.35. The zero-order valence-electron chi connectivity index (χ0n) is 24.6. The second-order valence-electron chi connectivity index (χ2n) is 10.8. The van der Waals surface area contributed by atoms with Crippen LogP contribution in [-0.4, -0.2) is 66.7 Å². The number of esters is 1. The van der Waals surface area contributed by atoms with Crippen molar-refractivity contribution in [2.24, 2.45) is 0 Å². The van der Waals surface area contributed by atoms with Crippen LogP contribution in [0.25, 0.3) is 33.2 Å². The van der Waals surface area contributed by atoms with Crippen molar-refractivity contribution in [3.8, 4) is 17.1 Å². The molecule has 3 heterocycles. The van der Waals surface area contributed by atoms with Crippen LogP contribution in [0, 0.1) is 0 Å². The maximum absolute atomic E-state index is 13.8. The number of hydrogen-bond acceptors (Lipinski definition) is 8. The normalized spacial score (nSPS) is 14.2. The molecule has 5 aromatic rings. The minimum absolute atomic E-state index is 0.143. The van der Waals surface area contributed by atoms with Crippen LogP contribution in [0.1, 0.15) is 29.4 Å². The van der Waals surface area contributed by atoms with E-state index in [2.05, 4.69) is 50.0 Å². The molecule has 226 valence electrons. The first-order chi connectivity index (χ1) is 21.5. The Morgan fingerprint density at radius 2 is 1.70 bits per heavy atom. The summed E-state index contributed by atoms with van der Waals surface area (Å²) in [6, 6.07) is 25.1. The third kappa shape index (κ3) is 6.70. The van der Waals surface area contributed by atoms with Crippen LogP contribution in [0.4, 0.5) is 0 Å². The quantitative estimate of drug-likeness (QED) is 0.124. The predicted octanol–water partition coefficient (Wildman–Crippen LogP) is 6.53. The number of fused-ring (bicyclic) bond motifs is 2. The van der Waals surface area contributed by atoms with Crippen molar-refractivity contribution in [3.63, 3.8) is 0 Å². The first-order valence-electron chi connectivity index (χ1n) is 14.9. The average Bonchev–Trinajstić information content (AvgIpc) is 3.05. The molecule has 9 heteroatoms. The second-order valence-corrected chi connectivity index (χ2v) is 11.7. The smallest absolute Gasteiger partial charge is 0.341 e. The zero-order chi connectivity index (χ0) is 30.5. The van der Waals surface area contributed by atoms with Crippen molar-refractivity contribution in [2.45, 2.75) is 19.9 Å². The molecule has 0 spiro atoms. The maximum Gasteiger partial charge on any atom is 0.341 e. The molecule has 0 N–H and O–H groups in total. The van der Waals surface area contributed by atoms with Gasteiger partial charge in [0.15, 0.2) is 11.3 Å². The van der Waals surface area contributed by atoms with Crippen LogP contribution in [0.15, 0.2) is 92.5 Å². The van der Waals surface area contributed by atoms with Gasteiger partial charge in [0.1, 0.15) is 5.56 Å². The summed E-state index contributed by atoms with van der Waals surface area (Å²) in [5.41, 5.74) is 2.86. The van der Waals surface area contributed by atoms with Gasteiger partial charge in [-0.15, -0.1) is 0 Å². The highest BCUT2D eigenvalue weighted by Gasteiger charge is 2.23. The fraction of sp³-hybridized carbons (Fsp3) is 0.286. The van der Waals surface area contributed by atoms with Crippen molar-refractivity contribution in [1.29, 1.82) is 0 Å². The largest absolute Gasteiger partial charge is 0.486 e. The van der Waals surface area contributed by atoms with Gasteiger partial charge in [-0.25, -0.2) is 4.79 Å². The van der Waals surface area contributed by atoms with Gasteiger partial charge in [0.2, 0.25) is 11.2 Å². The number of nitrogens with zero attached hydrogens (tertiary/aromatic N) is 3. The standard InChI is InChI=1S/C35H34BrN3O5/c1-2-42-35(41)29-22-26(36)21-28-31(40)34(32(44-33(28)29)25-10-4-3-5-11-25)43-20-8-15-38-16-18-39(19-17-38)23-27-14-13-24-9-6-7-12-30(24)37-27/h3-7,9-14,21-22H,2,8,15-20,23H2,1H3. The van der Waals surface area contributed by atoms with Crippen molar-refractivity contribution >= 4 is 43.8 Å². The SMILES string of the molecule is CCOC(=O)c1cc(Br)cc2c(=O)c(OCCCN3CCN(Cc4ccc5ccccc5n4)CC3)c(-c3ccccc3)oc12. The van der Waals surface area contributed by atoms with Crippen molar-refractivity contribution < 1.29 is 18.7 Å². The molecule has 0 bridgehead atoms. The Morgan fingerprint density at radius 1 is 0.955 bits per heavy atom. The third-order valence-electron chi connectivity index (χ3n) is 7.82. The Balaban J connectivity index is 1.11. The van der Waals surface area contributed by atoms with Gasteiger partial charge >= 0.3 is 5.97 Å². The number of pyridine rings is 1. The first-order valence-corrected chi connectivity index (χ1v) is 15.7. The fourth-order valence-electron chi connectivity index (χ4n) is 5.58. The Hall–Kier alpha value is -4.05. The van der Waals surface area contributed by atoms with E-state index in [1.807, 2.05) is 42.5 Å². The van der Waals surface area contributed by atoms with Gasteiger partial charge in [-0.3, -0.25) is 14.7 Å². The van der Waals surface area contributed by atoms with Gasteiger partial charge in [0, 0.05) is 54.7 Å². The van der Waals surface area contributed by atoms with E-state index in [1.54, 1.807) is 19.1 Å². The van der Waals surface area contributed by atoms with E-state index in [4.69, 9.17) is 18.9 Å². The summed E-state index contributed by atoms with van der Waals surface area (Å²) in [5, 5.41) is 1.42. The Morgan fingerprint density at radius 3 is 2.50 bits per heavy atom. The number of halogens is 1. The lowest BCUT2D eigenvalue weighted by molar-refractivity contribution is 0.0527. The summed E-state index contributed by atoms with van der Waals surface area (Å²) >= 11 is 3.42. The van der Waals surface area contributed by atoms with E-state index >= 15 is 0 Å². The molecule has 0 unspecified atom stereocenters. The van der Waals surface area contributed by atoms with E-state index in [0.717, 1.165) is 62.3 Å². The van der Waals surface area contributed by atoms with E-state index in [0.29, 0.717) is 22.4 Å². The number of benzene rings is 3. The molecule has 0 radical (unpaired) electrons. The third-order valence-corrected chi connectivity index (χ3v) is 8.28. The molecule has 6 rings (SSSR count). The lowest BCUT2D eigenvalue weighted by atomic mass is 10.1. The second kappa shape index (κ2) is 13.7. The van der Waals surface area contributed by atoms with Crippen LogP contribution in [0.2, 0.25) is 0 Å². The Labute approximate surface area is 264 Å². The number of piperazine rings is 1. The van der Waals surface area contributed by atoms with Crippen molar-refractivity contribution in [3.05, 3.63) is 105 Å². The number of carbonyl (C=O) groups is 1. The number of aromatic nitrogens is 1. The highest BCUT2D eigenvalue weighted by Crippen LogP contribution is 2.34. The molecule has 1 aliphatic rings.